The molecule has 0 fully saturated rings. The van der Waals surface area contributed by atoms with Crippen LogP contribution in [0, 0.1) is 0 Å². The number of anilines is 1. The number of rotatable bonds is 12. The molecule has 148 valence electrons. The number of benzene rings is 2. The maximum atomic E-state index is 9.92. The van der Waals surface area contributed by atoms with Crippen LogP contribution < -0.4 is 4.90 Å². The highest BCUT2D eigenvalue weighted by Crippen LogP contribution is 2.33. The van der Waals surface area contributed by atoms with Crippen molar-refractivity contribution in [2.45, 2.75) is 58.3 Å². The van der Waals surface area contributed by atoms with Gasteiger partial charge in [0.25, 0.3) is 0 Å². The smallest absolute Gasteiger partial charge is 0.0541 e. The Balaban J connectivity index is 2.03. The fraction of sp³-hybridized carbons (Fsp3) is 0.500. The zero-order valence-corrected chi connectivity index (χ0v) is 17.6. The molecule has 0 aromatic heterocycles. The Labute approximate surface area is 170 Å². The van der Waals surface area contributed by atoms with Crippen molar-refractivity contribution in [3.63, 3.8) is 0 Å². The van der Waals surface area contributed by atoms with Crippen molar-refractivity contribution in [3.8, 4) is 0 Å². The van der Waals surface area contributed by atoms with Crippen LogP contribution >= 0.6 is 11.6 Å². The first-order valence-electron chi connectivity index (χ1n) is 10.4. The van der Waals surface area contributed by atoms with Gasteiger partial charge in [-0.15, -0.1) is 0 Å². The van der Waals surface area contributed by atoms with Crippen LogP contribution in [-0.4, -0.2) is 24.8 Å². The van der Waals surface area contributed by atoms with Gasteiger partial charge in [0.1, 0.15) is 0 Å². The summed E-state index contributed by atoms with van der Waals surface area (Å²) in [6, 6.07) is 16.4. The molecule has 0 saturated carbocycles. The third-order valence-corrected chi connectivity index (χ3v) is 5.60. The van der Waals surface area contributed by atoms with Crippen molar-refractivity contribution in [3.05, 3.63) is 64.7 Å². The summed E-state index contributed by atoms with van der Waals surface area (Å²) >= 11 is 6.63. The van der Waals surface area contributed by atoms with Gasteiger partial charge in [-0.25, -0.2) is 0 Å². The molecule has 0 amide bonds. The minimum Gasteiger partial charge on any atom is -0.395 e. The van der Waals surface area contributed by atoms with Crippen molar-refractivity contribution in [1.82, 2.24) is 0 Å². The van der Waals surface area contributed by atoms with E-state index < -0.39 is 0 Å². The summed E-state index contributed by atoms with van der Waals surface area (Å²) in [6.07, 6.45) is 7.85. The maximum Gasteiger partial charge on any atom is 0.0541 e. The van der Waals surface area contributed by atoms with Crippen LogP contribution in [0.5, 0.6) is 0 Å². The van der Waals surface area contributed by atoms with Crippen molar-refractivity contribution in [1.29, 1.82) is 0 Å². The molecule has 2 nitrogen and oxygen atoms in total. The molecule has 0 spiro atoms. The minimum atomic E-state index is -0.0820. The van der Waals surface area contributed by atoms with Gasteiger partial charge in [0.15, 0.2) is 0 Å². The molecule has 0 aliphatic rings. The van der Waals surface area contributed by atoms with Crippen molar-refractivity contribution < 1.29 is 5.11 Å². The zero-order chi connectivity index (χ0) is 19.5. The van der Waals surface area contributed by atoms with Gasteiger partial charge in [-0.2, -0.15) is 0 Å². The molecular formula is C24H34ClNO. The highest BCUT2D eigenvalue weighted by Gasteiger charge is 2.17. The lowest BCUT2D eigenvalue weighted by atomic mass is 9.92. The molecule has 0 bridgehead atoms. The van der Waals surface area contributed by atoms with Crippen LogP contribution in [0.25, 0.3) is 0 Å². The van der Waals surface area contributed by atoms with Crippen LogP contribution in [0.3, 0.4) is 0 Å². The van der Waals surface area contributed by atoms with E-state index in [1.165, 1.54) is 44.2 Å². The lowest BCUT2D eigenvalue weighted by molar-refractivity contribution is 0.280. The Morgan fingerprint density at radius 3 is 2.26 bits per heavy atom. The van der Waals surface area contributed by atoms with E-state index in [1.54, 1.807) is 0 Å². The topological polar surface area (TPSA) is 23.5 Å². The van der Waals surface area contributed by atoms with Gasteiger partial charge >= 0.3 is 0 Å². The van der Waals surface area contributed by atoms with Gasteiger partial charge in [-0.1, -0.05) is 87.0 Å². The number of hydrogen-bond acceptors (Lipinski definition) is 2. The summed E-state index contributed by atoms with van der Waals surface area (Å²) in [7, 11) is 0. The predicted octanol–water partition coefficient (Wildman–Crippen LogP) is 6.65. The summed E-state index contributed by atoms with van der Waals surface area (Å²) in [5.74, 6) is -0.0820. The Morgan fingerprint density at radius 2 is 1.63 bits per heavy atom. The van der Waals surface area contributed by atoms with E-state index in [2.05, 4.69) is 36.9 Å². The van der Waals surface area contributed by atoms with Gasteiger partial charge in [0.05, 0.1) is 6.61 Å². The normalized spacial score (nSPS) is 12.1. The molecule has 0 radical (unpaired) electrons. The third-order valence-electron chi connectivity index (χ3n) is 5.27. The Bertz CT molecular complexity index is 659. The number of aliphatic hydroxyl groups excluding tert-OH is 1. The molecular weight excluding hydrogens is 354 g/mol. The summed E-state index contributed by atoms with van der Waals surface area (Å²) in [5, 5.41) is 10.7. The van der Waals surface area contributed by atoms with E-state index in [0.29, 0.717) is 0 Å². The molecule has 27 heavy (non-hydrogen) atoms. The van der Waals surface area contributed by atoms with Crippen LogP contribution in [0.2, 0.25) is 5.02 Å². The molecule has 0 saturated heterocycles. The second kappa shape index (κ2) is 12.0. The minimum absolute atomic E-state index is 0.0539. The van der Waals surface area contributed by atoms with Crippen LogP contribution in [0.4, 0.5) is 5.69 Å². The highest BCUT2D eigenvalue weighted by atomic mass is 35.5. The number of halogens is 1. The fourth-order valence-electron chi connectivity index (χ4n) is 3.62. The molecule has 1 N–H and O–H groups in total. The number of aliphatic hydroxyl groups is 1. The molecule has 0 aliphatic carbocycles. The van der Waals surface area contributed by atoms with Gasteiger partial charge in [-0.05, 0) is 36.6 Å². The van der Waals surface area contributed by atoms with Gasteiger partial charge in [-0.3, -0.25) is 0 Å². The quantitative estimate of drug-likeness (QED) is 0.412. The molecule has 2 aromatic carbocycles. The summed E-state index contributed by atoms with van der Waals surface area (Å²) in [4.78, 5) is 2.39. The van der Waals surface area contributed by atoms with Gasteiger partial charge < -0.3 is 10.0 Å². The first-order chi connectivity index (χ1) is 13.2. The molecule has 2 aromatic rings. The average Bonchev–Trinajstić information content (AvgIpc) is 2.70. The highest BCUT2D eigenvalue weighted by molar-refractivity contribution is 6.31. The number of hydrogen-bond donors (Lipinski definition) is 1. The summed E-state index contributed by atoms with van der Waals surface area (Å²) in [5.41, 5.74) is 3.25. The van der Waals surface area contributed by atoms with Crippen molar-refractivity contribution in [2.75, 3.05) is 24.6 Å². The first kappa shape index (κ1) is 21.8. The van der Waals surface area contributed by atoms with E-state index in [4.69, 9.17) is 11.6 Å². The van der Waals surface area contributed by atoms with Gasteiger partial charge in [0, 0.05) is 29.7 Å². The monoisotopic (exact) mass is 387 g/mol. The van der Waals surface area contributed by atoms with Gasteiger partial charge in [0.2, 0.25) is 0 Å². The van der Waals surface area contributed by atoms with Crippen molar-refractivity contribution in [2.24, 2.45) is 0 Å². The van der Waals surface area contributed by atoms with E-state index in [-0.39, 0.29) is 12.5 Å². The molecule has 0 unspecified atom stereocenters. The molecule has 0 heterocycles. The van der Waals surface area contributed by atoms with Crippen LogP contribution in [0.1, 0.15) is 69.4 Å². The summed E-state index contributed by atoms with van der Waals surface area (Å²) in [6.45, 7) is 6.55. The Morgan fingerprint density at radius 1 is 0.926 bits per heavy atom. The second-order valence-electron chi connectivity index (χ2n) is 7.20. The van der Waals surface area contributed by atoms with Crippen molar-refractivity contribution >= 4 is 17.3 Å². The lowest BCUT2D eigenvalue weighted by Crippen LogP contribution is -2.24. The third kappa shape index (κ3) is 6.55. The van der Waals surface area contributed by atoms with Crippen LogP contribution in [0.15, 0.2) is 48.5 Å². The SMILES string of the molecule is CCCCCCCCN(CC)c1ccc([C@@H](CO)c2ccccc2)c(Cl)c1. The molecule has 2 rings (SSSR count). The number of unbranched alkanes of at least 4 members (excludes halogenated alkanes) is 5. The average molecular weight is 388 g/mol. The second-order valence-corrected chi connectivity index (χ2v) is 7.61. The number of nitrogens with zero attached hydrogens (tertiary/aromatic N) is 1. The Hall–Kier alpha value is -1.51. The van der Waals surface area contributed by atoms with Crippen LogP contribution in [-0.2, 0) is 0 Å². The maximum absolute atomic E-state index is 9.92. The summed E-state index contributed by atoms with van der Waals surface area (Å²) < 4.78 is 0. The lowest BCUT2D eigenvalue weighted by Gasteiger charge is -2.25. The molecule has 3 heteroatoms. The largest absolute Gasteiger partial charge is 0.395 e. The van der Waals surface area contributed by atoms with E-state index in [1.807, 2.05) is 30.3 Å². The fourth-order valence-corrected chi connectivity index (χ4v) is 3.92. The van der Waals surface area contributed by atoms with E-state index >= 15 is 0 Å². The first-order valence-corrected chi connectivity index (χ1v) is 10.8. The van der Waals surface area contributed by atoms with E-state index in [0.717, 1.165) is 29.2 Å². The van der Waals surface area contributed by atoms with E-state index in [9.17, 15) is 5.11 Å². The zero-order valence-electron chi connectivity index (χ0n) is 16.8. The standard InChI is InChI=1S/C24H34ClNO/c1-3-5-6-7-8-12-17-26(4-2)21-15-16-22(24(25)18-21)23(19-27)20-13-10-9-11-14-20/h9-11,13-16,18,23,27H,3-8,12,17,19H2,1-2H3/t23-/m0/s1. The predicted molar refractivity (Wildman–Crippen MR) is 118 cm³/mol. The molecule has 1 atom stereocenters. The molecule has 0 aliphatic heterocycles. The Kier molecular flexibility index (Phi) is 9.72.